The first kappa shape index (κ1) is 10.9. The Bertz CT molecular complexity index is 363. The van der Waals surface area contributed by atoms with Crippen molar-refractivity contribution in [3.05, 3.63) is 16.4 Å². The van der Waals surface area contributed by atoms with Crippen LogP contribution in [0, 0.1) is 0 Å². The molecule has 2 rings (SSSR count). The lowest BCUT2D eigenvalue weighted by atomic mass is 10.0. The van der Waals surface area contributed by atoms with E-state index in [9.17, 15) is 0 Å². The van der Waals surface area contributed by atoms with Crippen LogP contribution in [0.4, 0.5) is 5.69 Å². The maximum Gasteiger partial charge on any atom is 0.174 e. The summed E-state index contributed by atoms with van der Waals surface area (Å²) < 4.78 is 0. The molecule has 1 aromatic rings. The van der Waals surface area contributed by atoms with Gasteiger partial charge in [-0.1, -0.05) is 23.2 Å². The normalized spacial score (nSPS) is 25.5. The second kappa shape index (κ2) is 4.12. The average Bonchev–Trinajstić information content (AvgIpc) is 2.59. The number of halogens is 2. The molecule has 15 heavy (non-hydrogen) atoms. The Kier molecular flexibility index (Phi) is 3.00. The third kappa shape index (κ3) is 2.51. The molecule has 0 saturated carbocycles. The van der Waals surface area contributed by atoms with Crippen molar-refractivity contribution < 1.29 is 0 Å². The number of nitrogens with one attached hydrogen (secondary N) is 2. The number of anilines is 1. The molecule has 1 aromatic heterocycles. The molecule has 0 spiro atoms. The van der Waals surface area contributed by atoms with E-state index in [-0.39, 0.29) is 5.54 Å². The van der Waals surface area contributed by atoms with Gasteiger partial charge in [0.1, 0.15) is 0 Å². The largest absolute Gasteiger partial charge is 0.376 e. The van der Waals surface area contributed by atoms with Crippen molar-refractivity contribution in [3.8, 4) is 0 Å². The molecule has 0 aromatic carbocycles. The predicted molar refractivity (Wildman–Crippen MR) is 61.6 cm³/mol. The van der Waals surface area contributed by atoms with Gasteiger partial charge in [0.05, 0.1) is 5.69 Å². The fourth-order valence-electron chi connectivity index (χ4n) is 1.69. The van der Waals surface area contributed by atoms with Gasteiger partial charge in [-0.15, -0.1) is 10.2 Å². The second-order valence-electron chi connectivity index (χ2n) is 3.98. The third-order valence-corrected chi connectivity index (χ3v) is 2.99. The highest BCUT2D eigenvalue weighted by Crippen LogP contribution is 2.26. The molecular weight excluding hydrogens is 235 g/mol. The molecule has 2 heterocycles. The monoisotopic (exact) mass is 246 g/mol. The summed E-state index contributed by atoms with van der Waals surface area (Å²) in [4.78, 5) is 0. The van der Waals surface area contributed by atoms with Crippen molar-refractivity contribution >= 4 is 28.9 Å². The molecular formula is C9H12Cl2N4. The smallest absolute Gasteiger partial charge is 0.174 e. The summed E-state index contributed by atoms with van der Waals surface area (Å²) in [6.07, 6.45) is 1.04. The zero-order valence-corrected chi connectivity index (χ0v) is 9.86. The lowest BCUT2D eigenvalue weighted by Gasteiger charge is -2.26. The highest BCUT2D eigenvalue weighted by atomic mass is 35.5. The van der Waals surface area contributed by atoms with Gasteiger partial charge in [0.25, 0.3) is 0 Å². The maximum atomic E-state index is 5.92. The van der Waals surface area contributed by atoms with Gasteiger partial charge in [-0.2, -0.15) is 0 Å². The number of aromatic nitrogens is 2. The van der Waals surface area contributed by atoms with Crippen molar-refractivity contribution in [1.82, 2.24) is 15.5 Å². The minimum atomic E-state index is 0.00992. The zero-order valence-electron chi connectivity index (χ0n) is 8.35. The topological polar surface area (TPSA) is 49.8 Å². The molecule has 4 nitrogen and oxygen atoms in total. The summed E-state index contributed by atoms with van der Waals surface area (Å²) in [6.45, 7) is 4.05. The van der Waals surface area contributed by atoms with Crippen LogP contribution in [0.3, 0.4) is 0 Å². The summed E-state index contributed by atoms with van der Waals surface area (Å²) in [5.74, 6) is 0. The maximum absolute atomic E-state index is 5.92. The van der Waals surface area contributed by atoms with Crippen molar-refractivity contribution in [2.75, 3.05) is 18.4 Å². The van der Waals surface area contributed by atoms with E-state index < -0.39 is 0 Å². The van der Waals surface area contributed by atoms with Crippen LogP contribution in [-0.4, -0.2) is 28.8 Å². The first-order valence-corrected chi connectivity index (χ1v) is 5.52. The van der Waals surface area contributed by atoms with Crippen LogP contribution >= 0.6 is 23.2 Å². The van der Waals surface area contributed by atoms with Gasteiger partial charge in [0, 0.05) is 18.2 Å². The number of nitrogens with zero attached hydrogens (tertiary/aromatic N) is 2. The minimum absolute atomic E-state index is 0.00992. The van der Waals surface area contributed by atoms with Gasteiger partial charge < -0.3 is 10.6 Å². The zero-order chi connectivity index (χ0) is 10.9. The minimum Gasteiger partial charge on any atom is -0.376 e. The van der Waals surface area contributed by atoms with Crippen LogP contribution in [0.1, 0.15) is 13.3 Å². The van der Waals surface area contributed by atoms with E-state index in [1.807, 2.05) is 0 Å². The molecule has 0 aliphatic carbocycles. The Morgan fingerprint density at radius 2 is 2.27 bits per heavy atom. The number of hydrogen-bond acceptors (Lipinski definition) is 4. The van der Waals surface area contributed by atoms with Gasteiger partial charge in [0.2, 0.25) is 0 Å². The van der Waals surface area contributed by atoms with Crippen LogP contribution in [0.5, 0.6) is 0 Å². The Morgan fingerprint density at radius 3 is 2.93 bits per heavy atom. The van der Waals surface area contributed by atoms with Crippen LogP contribution in [0.15, 0.2) is 6.07 Å². The highest BCUT2D eigenvalue weighted by Gasteiger charge is 2.28. The molecule has 1 aliphatic heterocycles. The van der Waals surface area contributed by atoms with Crippen molar-refractivity contribution in [2.45, 2.75) is 18.9 Å². The Labute approximate surface area is 98.4 Å². The SMILES string of the molecule is CC1(Nc2cc(Cl)nnc2Cl)CCNC1. The van der Waals surface area contributed by atoms with E-state index in [4.69, 9.17) is 23.2 Å². The van der Waals surface area contributed by atoms with Gasteiger partial charge in [-0.3, -0.25) is 0 Å². The third-order valence-electron chi connectivity index (χ3n) is 2.52. The second-order valence-corrected chi connectivity index (χ2v) is 4.73. The molecule has 0 radical (unpaired) electrons. The first-order valence-electron chi connectivity index (χ1n) is 4.77. The summed E-state index contributed by atoms with van der Waals surface area (Å²) in [6, 6.07) is 1.69. The molecule has 1 aliphatic rings. The first-order chi connectivity index (χ1) is 7.09. The summed E-state index contributed by atoms with van der Waals surface area (Å²) in [5, 5.41) is 14.8. The molecule has 0 amide bonds. The Hall–Kier alpha value is -0.580. The van der Waals surface area contributed by atoms with E-state index >= 15 is 0 Å². The van der Waals surface area contributed by atoms with Crippen molar-refractivity contribution in [2.24, 2.45) is 0 Å². The lowest BCUT2D eigenvalue weighted by Crippen LogP contribution is -2.37. The Morgan fingerprint density at radius 1 is 1.47 bits per heavy atom. The molecule has 1 unspecified atom stereocenters. The van der Waals surface area contributed by atoms with Gasteiger partial charge >= 0.3 is 0 Å². The molecule has 82 valence electrons. The van der Waals surface area contributed by atoms with E-state index in [1.165, 1.54) is 0 Å². The summed E-state index contributed by atoms with van der Waals surface area (Å²) >= 11 is 11.7. The van der Waals surface area contributed by atoms with Crippen LogP contribution in [0.25, 0.3) is 0 Å². The van der Waals surface area contributed by atoms with E-state index in [1.54, 1.807) is 6.07 Å². The highest BCUT2D eigenvalue weighted by molar-refractivity contribution is 6.33. The fraction of sp³-hybridized carbons (Fsp3) is 0.556. The van der Waals surface area contributed by atoms with Crippen molar-refractivity contribution in [1.29, 1.82) is 0 Å². The summed E-state index contributed by atoms with van der Waals surface area (Å²) in [5.41, 5.74) is 0.749. The molecule has 1 atom stereocenters. The quantitative estimate of drug-likeness (QED) is 0.838. The average molecular weight is 247 g/mol. The van der Waals surface area contributed by atoms with Crippen LogP contribution in [-0.2, 0) is 0 Å². The van der Waals surface area contributed by atoms with Crippen LogP contribution < -0.4 is 10.6 Å². The molecule has 2 N–H and O–H groups in total. The lowest BCUT2D eigenvalue weighted by molar-refractivity contribution is 0.566. The van der Waals surface area contributed by atoms with E-state index in [0.717, 1.165) is 25.2 Å². The Balaban J connectivity index is 2.19. The standard InChI is InChI=1S/C9H12Cl2N4/c1-9(2-3-12-5-9)13-6-4-7(10)14-15-8(6)11/h4,12H,2-3,5H2,1H3,(H,13,14). The van der Waals surface area contributed by atoms with Crippen LogP contribution in [0.2, 0.25) is 10.3 Å². The fourth-order valence-corrected chi connectivity index (χ4v) is 1.98. The molecule has 6 heteroatoms. The number of hydrogen-bond donors (Lipinski definition) is 2. The molecule has 1 saturated heterocycles. The molecule has 0 bridgehead atoms. The summed E-state index contributed by atoms with van der Waals surface area (Å²) in [7, 11) is 0. The van der Waals surface area contributed by atoms with E-state index in [0.29, 0.717) is 10.3 Å². The predicted octanol–water partition coefficient (Wildman–Crippen LogP) is 1.95. The van der Waals surface area contributed by atoms with E-state index in [2.05, 4.69) is 27.8 Å². The van der Waals surface area contributed by atoms with Gasteiger partial charge in [0.15, 0.2) is 10.3 Å². The molecule has 1 fully saturated rings. The van der Waals surface area contributed by atoms with Gasteiger partial charge in [-0.25, -0.2) is 0 Å². The van der Waals surface area contributed by atoms with Gasteiger partial charge in [-0.05, 0) is 19.9 Å². The van der Waals surface area contributed by atoms with Crippen molar-refractivity contribution in [3.63, 3.8) is 0 Å². The number of rotatable bonds is 2.